The number of nitrogen functional groups attached to an aromatic ring is 1. The number of hydrogen-bond donors (Lipinski definition) is 1. The van der Waals surface area contributed by atoms with Gasteiger partial charge in [-0.2, -0.15) is 0 Å². The summed E-state index contributed by atoms with van der Waals surface area (Å²) in [6, 6.07) is 5.45. The zero-order chi connectivity index (χ0) is 20.7. The SMILES string of the molecule is CC/C=C(/C=C\c1cn(-c2ccc(N)c(C=NC)c2)c(=O)c(Br)c1C)OCC. The number of halogens is 1. The van der Waals surface area contributed by atoms with Crippen LogP contribution in [0, 0.1) is 6.92 Å². The molecule has 0 radical (unpaired) electrons. The third-order valence-corrected chi connectivity index (χ3v) is 5.13. The Labute approximate surface area is 174 Å². The number of ether oxygens (including phenoxy) is 1. The zero-order valence-corrected chi connectivity index (χ0v) is 18.3. The van der Waals surface area contributed by atoms with Gasteiger partial charge in [0, 0.05) is 36.4 Å². The van der Waals surface area contributed by atoms with Crippen molar-refractivity contribution in [3.05, 3.63) is 73.8 Å². The number of anilines is 1. The molecule has 0 aliphatic heterocycles. The first-order valence-electron chi connectivity index (χ1n) is 9.17. The molecule has 148 valence electrons. The lowest BCUT2D eigenvalue weighted by Crippen LogP contribution is -2.20. The molecule has 0 spiro atoms. The van der Waals surface area contributed by atoms with Crippen LogP contribution in [0.3, 0.4) is 0 Å². The number of allylic oxidation sites excluding steroid dienone is 2. The highest BCUT2D eigenvalue weighted by Gasteiger charge is 2.11. The largest absolute Gasteiger partial charge is 0.494 e. The first kappa shape index (κ1) is 21.7. The number of nitrogens with zero attached hydrogens (tertiary/aromatic N) is 2. The molecule has 1 heterocycles. The summed E-state index contributed by atoms with van der Waals surface area (Å²) in [5.41, 5.74) is 9.75. The number of hydrogen-bond acceptors (Lipinski definition) is 4. The molecular weight excluding hydrogens is 418 g/mol. The monoisotopic (exact) mass is 443 g/mol. The lowest BCUT2D eigenvalue weighted by Gasteiger charge is -2.13. The lowest BCUT2D eigenvalue weighted by molar-refractivity contribution is 0.242. The van der Waals surface area contributed by atoms with Crippen molar-refractivity contribution in [1.82, 2.24) is 4.57 Å². The molecule has 28 heavy (non-hydrogen) atoms. The highest BCUT2D eigenvalue weighted by molar-refractivity contribution is 9.10. The van der Waals surface area contributed by atoms with Crippen molar-refractivity contribution in [3.63, 3.8) is 0 Å². The van der Waals surface area contributed by atoms with E-state index >= 15 is 0 Å². The number of benzene rings is 1. The van der Waals surface area contributed by atoms with Crippen molar-refractivity contribution in [1.29, 1.82) is 0 Å². The zero-order valence-electron chi connectivity index (χ0n) is 16.7. The molecule has 5 nitrogen and oxygen atoms in total. The Morgan fingerprint density at radius 3 is 2.71 bits per heavy atom. The molecule has 2 aromatic rings. The van der Waals surface area contributed by atoms with Gasteiger partial charge in [-0.05, 0) is 83.8 Å². The fourth-order valence-electron chi connectivity index (χ4n) is 2.72. The predicted molar refractivity (Wildman–Crippen MR) is 121 cm³/mol. The average Bonchev–Trinajstić information content (AvgIpc) is 2.68. The van der Waals surface area contributed by atoms with Crippen molar-refractivity contribution in [2.45, 2.75) is 27.2 Å². The molecule has 0 saturated heterocycles. The van der Waals surface area contributed by atoms with Gasteiger partial charge in [0.2, 0.25) is 0 Å². The van der Waals surface area contributed by atoms with E-state index in [2.05, 4.69) is 27.8 Å². The van der Waals surface area contributed by atoms with Crippen molar-refractivity contribution in [2.75, 3.05) is 19.4 Å². The van der Waals surface area contributed by atoms with Crippen molar-refractivity contribution in [2.24, 2.45) is 4.99 Å². The summed E-state index contributed by atoms with van der Waals surface area (Å²) < 4.78 is 7.76. The Kier molecular flexibility index (Phi) is 7.81. The summed E-state index contributed by atoms with van der Waals surface area (Å²) in [4.78, 5) is 16.9. The van der Waals surface area contributed by atoms with Crippen LogP contribution < -0.4 is 11.3 Å². The fraction of sp³-hybridized carbons (Fsp3) is 0.273. The molecule has 2 N–H and O–H groups in total. The van der Waals surface area contributed by atoms with Gasteiger partial charge in [-0.15, -0.1) is 0 Å². The van der Waals surface area contributed by atoms with Gasteiger partial charge in [0.25, 0.3) is 5.56 Å². The van der Waals surface area contributed by atoms with E-state index in [4.69, 9.17) is 10.5 Å². The van der Waals surface area contributed by atoms with Crippen LogP contribution in [0.4, 0.5) is 5.69 Å². The maximum atomic E-state index is 12.8. The Bertz CT molecular complexity index is 988. The average molecular weight is 444 g/mol. The predicted octanol–water partition coefficient (Wildman–Crippen LogP) is 4.88. The molecule has 0 aliphatic carbocycles. The minimum atomic E-state index is -0.132. The summed E-state index contributed by atoms with van der Waals surface area (Å²) in [5, 5.41) is 0. The van der Waals surface area contributed by atoms with Gasteiger partial charge in [0.1, 0.15) is 5.76 Å². The summed E-state index contributed by atoms with van der Waals surface area (Å²) in [6.45, 7) is 6.54. The van der Waals surface area contributed by atoms with Crippen LogP contribution in [0.25, 0.3) is 11.8 Å². The molecule has 0 unspecified atom stereocenters. The molecule has 2 rings (SSSR count). The second-order valence-electron chi connectivity index (χ2n) is 6.18. The van der Waals surface area contributed by atoms with Gasteiger partial charge in [0.15, 0.2) is 0 Å². The van der Waals surface area contributed by atoms with Gasteiger partial charge in [-0.1, -0.05) is 6.92 Å². The Hall–Kier alpha value is -2.60. The summed E-state index contributed by atoms with van der Waals surface area (Å²) in [5.74, 6) is 0.812. The van der Waals surface area contributed by atoms with Crippen LogP contribution in [0.2, 0.25) is 0 Å². The molecule has 1 aromatic heterocycles. The van der Waals surface area contributed by atoms with Crippen LogP contribution >= 0.6 is 15.9 Å². The maximum Gasteiger partial charge on any atom is 0.269 e. The number of pyridine rings is 1. The third kappa shape index (κ3) is 5.01. The molecule has 1 aromatic carbocycles. The molecule has 0 bridgehead atoms. The second-order valence-corrected chi connectivity index (χ2v) is 6.97. The smallest absolute Gasteiger partial charge is 0.269 e. The first-order valence-corrected chi connectivity index (χ1v) is 9.97. The van der Waals surface area contributed by atoms with Crippen LogP contribution in [-0.4, -0.2) is 24.4 Å². The minimum absolute atomic E-state index is 0.132. The molecule has 0 fully saturated rings. The third-order valence-electron chi connectivity index (χ3n) is 4.20. The lowest BCUT2D eigenvalue weighted by atomic mass is 10.1. The van der Waals surface area contributed by atoms with Gasteiger partial charge < -0.3 is 10.5 Å². The molecule has 0 atom stereocenters. The van der Waals surface area contributed by atoms with Crippen LogP contribution in [0.1, 0.15) is 37.0 Å². The van der Waals surface area contributed by atoms with Crippen LogP contribution in [-0.2, 0) is 4.74 Å². The molecule has 0 amide bonds. The molecular formula is C22H26BrN3O2. The van der Waals surface area contributed by atoms with E-state index in [1.165, 1.54) is 0 Å². The number of aromatic nitrogens is 1. The van der Waals surface area contributed by atoms with Gasteiger partial charge in [-0.3, -0.25) is 14.4 Å². The van der Waals surface area contributed by atoms with Crippen molar-refractivity contribution >= 4 is 33.9 Å². The summed E-state index contributed by atoms with van der Waals surface area (Å²) >= 11 is 3.45. The van der Waals surface area contributed by atoms with Crippen LogP contribution in [0.15, 0.2) is 56.6 Å². The topological polar surface area (TPSA) is 69.6 Å². The van der Waals surface area contributed by atoms with E-state index < -0.39 is 0 Å². The van der Waals surface area contributed by atoms with Crippen molar-refractivity contribution in [3.8, 4) is 5.69 Å². The number of aliphatic imine (C=N–C) groups is 1. The first-order chi connectivity index (χ1) is 13.4. The van der Waals surface area contributed by atoms with E-state index in [-0.39, 0.29) is 5.56 Å². The van der Waals surface area contributed by atoms with Gasteiger partial charge in [-0.25, -0.2) is 0 Å². The van der Waals surface area contributed by atoms with E-state index in [9.17, 15) is 4.79 Å². The Balaban J connectivity index is 2.58. The van der Waals surface area contributed by atoms with Crippen LogP contribution in [0.5, 0.6) is 0 Å². The van der Waals surface area contributed by atoms with E-state index in [1.54, 1.807) is 23.9 Å². The molecule has 0 saturated carbocycles. The van der Waals surface area contributed by atoms with Crippen molar-refractivity contribution < 1.29 is 4.74 Å². The van der Waals surface area contributed by atoms with Gasteiger partial charge >= 0.3 is 0 Å². The minimum Gasteiger partial charge on any atom is -0.494 e. The maximum absolute atomic E-state index is 12.8. The second kappa shape index (κ2) is 10.1. The number of rotatable bonds is 7. The molecule has 0 aliphatic rings. The van der Waals surface area contributed by atoms with E-state index in [0.717, 1.165) is 34.6 Å². The number of nitrogens with two attached hydrogens (primary N) is 1. The van der Waals surface area contributed by atoms with Gasteiger partial charge in [0.05, 0.1) is 11.1 Å². The summed E-state index contributed by atoms with van der Waals surface area (Å²) in [6.07, 6.45) is 10.3. The Morgan fingerprint density at radius 2 is 2.07 bits per heavy atom. The quantitative estimate of drug-likeness (QED) is 0.286. The Morgan fingerprint density at radius 1 is 1.32 bits per heavy atom. The molecule has 6 heteroatoms. The van der Waals surface area contributed by atoms with E-state index in [1.807, 2.05) is 50.4 Å². The summed E-state index contributed by atoms with van der Waals surface area (Å²) in [7, 11) is 1.68. The van der Waals surface area contributed by atoms with E-state index in [0.29, 0.717) is 16.8 Å². The fourth-order valence-corrected chi connectivity index (χ4v) is 3.14. The standard InChI is InChI=1S/C22H26BrN3O2/c1-5-7-19(28-6-2)10-8-16-14-26(22(27)21(23)15(16)3)18-9-11-20(24)17(12-18)13-25-4/h7-14H,5-6,24H2,1-4H3/b10-8-,19-7-,25-13?. The normalized spacial score (nSPS) is 12.2. The highest BCUT2D eigenvalue weighted by atomic mass is 79.9. The highest BCUT2D eigenvalue weighted by Crippen LogP contribution is 2.21.